The van der Waals surface area contributed by atoms with Gasteiger partial charge in [0.2, 0.25) is 9.84 Å². The van der Waals surface area contributed by atoms with E-state index in [4.69, 9.17) is 9.47 Å². The average molecular weight is 400 g/mol. The van der Waals surface area contributed by atoms with Crippen molar-refractivity contribution in [2.24, 2.45) is 0 Å². The summed E-state index contributed by atoms with van der Waals surface area (Å²) in [5, 5.41) is 9.46. The van der Waals surface area contributed by atoms with Crippen LogP contribution in [0.4, 0.5) is 0 Å². The summed E-state index contributed by atoms with van der Waals surface area (Å²) < 4.78 is 36.9. The number of ether oxygens (including phenoxy) is 2. The topological polar surface area (TPSA) is 76.4 Å². The maximum absolute atomic E-state index is 12.8. The Morgan fingerprint density at radius 3 is 2.39 bits per heavy atom. The second-order valence-electron chi connectivity index (χ2n) is 6.28. The van der Waals surface area contributed by atoms with Crippen LogP contribution in [0, 0.1) is 18.3 Å². The average Bonchev–Trinajstić information content (AvgIpc) is 2.68. The van der Waals surface area contributed by atoms with Crippen molar-refractivity contribution in [3.63, 3.8) is 0 Å². The van der Waals surface area contributed by atoms with E-state index in [1.165, 1.54) is 18.2 Å². The molecule has 2 aromatic carbocycles. The second-order valence-corrected chi connectivity index (χ2v) is 8.20. The highest BCUT2D eigenvalue weighted by molar-refractivity contribution is 7.95. The van der Waals surface area contributed by atoms with Gasteiger partial charge in [-0.1, -0.05) is 37.1 Å². The summed E-state index contributed by atoms with van der Waals surface area (Å²) in [4.78, 5) is -0.228. The van der Waals surface area contributed by atoms with Gasteiger partial charge in [0, 0.05) is 0 Å². The van der Waals surface area contributed by atoms with Gasteiger partial charge >= 0.3 is 0 Å². The van der Waals surface area contributed by atoms with Crippen LogP contribution in [0.1, 0.15) is 37.8 Å². The maximum Gasteiger partial charge on any atom is 0.216 e. The Kier molecular flexibility index (Phi) is 7.65. The maximum atomic E-state index is 12.8. The van der Waals surface area contributed by atoms with Crippen LogP contribution in [-0.4, -0.2) is 21.6 Å². The third-order valence-corrected chi connectivity index (χ3v) is 5.73. The number of rotatable bonds is 9. The van der Waals surface area contributed by atoms with Crippen LogP contribution < -0.4 is 9.47 Å². The van der Waals surface area contributed by atoms with Crippen LogP contribution in [0.5, 0.6) is 11.5 Å². The first-order valence-electron chi connectivity index (χ1n) is 9.25. The Hall–Kier alpha value is -2.78. The van der Waals surface area contributed by atoms with Gasteiger partial charge in [0.25, 0.3) is 0 Å². The second kappa shape index (κ2) is 9.95. The summed E-state index contributed by atoms with van der Waals surface area (Å²) in [5.74, 6) is 1.13. The largest absolute Gasteiger partial charge is 0.490 e. The number of hydrogen-bond donors (Lipinski definition) is 0. The Morgan fingerprint density at radius 1 is 1.07 bits per heavy atom. The molecule has 2 aromatic rings. The minimum absolute atomic E-state index is 0.0930. The van der Waals surface area contributed by atoms with Gasteiger partial charge in [-0.15, -0.1) is 0 Å². The minimum Gasteiger partial charge on any atom is -0.490 e. The van der Waals surface area contributed by atoms with Crippen molar-refractivity contribution >= 4 is 15.9 Å². The number of unbranched alkanes of at least 4 members (excludes halogenated alkanes) is 1. The lowest BCUT2D eigenvalue weighted by Crippen LogP contribution is -2.04. The van der Waals surface area contributed by atoms with E-state index in [1.54, 1.807) is 30.3 Å². The van der Waals surface area contributed by atoms with Crippen LogP contribution >= 0.6 is 0 Å². The molecule has 0 unspecified atom stereocenters. The molecule has 0 amide bonds. The van der Waals surface area contributed by atoms with Crippen LogP contribution in [0.25, 0.3) is 6.08 Å². The Morgan fingerprint density at radius 2 is 1.79 bits per heavy atom. The van der Waals surface area contributed by atoms with Crippen molar-refractivity contribution in [3.05, 3.63) is 58.5 Å². The number of nitriles is 1. The number of sulfone groups is 1. The highest BCUT2D eigenvalue weighted by Crippen LogP contribution is 2.30. The minimum atomic E-state index is -3.89. The molecule has 0 saturated heterocycles. The van der Waals surface area contributed by atoms with Crippen molar-refractivity contribution in [2.75, 3.05) is 13.2 Å². The van der Waals surface area contributed by atoms with E-state index in [-0.39, 0.29) is 9.80 Å². The normalized spacial score (nSPS) is 11.7. The predicted molar refractivity (Wildman–Crippen MR) is 110 cm³/mol. The number of aryl methyl sites for hydroxylation is 1. The lowest BCUT2D eigenvalue weighted by molar-refractivity contribution is 0.272. The molecule has 0 aliphatic rings. The van der Waals surface area contributed by atoms with Crippen LogP contribution in [0.3, 0.4) is 0 Å². The van der Waals surface area contributed by atoms with Crippen molar-refractivity contribution in [1.82, 2.24) is 0 Å². The smallest absolute Gasteiger partial charge is 0.216 e. The summed E-state index contributed by atoms with van der Waals surface area (Å²) >= 11 is 0. The molecule has 0 aromatic heterocycles. The molecule has 0 atom stereocenters. The lowest BCUT2D eigenvalue weighted by Gasteiger charge is -2.12. The molecule has 0 radical (unpaired) electrons. The molecule has 0 fully saturated rings. The van der Waals surface area contributed by atoms with Gasteiger partial charge in [-0.2, -0.15) is 5.26 Å². The van der Waals surface area contributed by atoms with Crippen molar-refractivity contribution in [3.8, 4) is 17.6 Å². The molecule has 2 rings (SSSR count). The van der Waals surface area contributed by atoms with Gasteiger partial charge in [-0.3, -0.25) is 0 Å². The fourth-order valence-electron chi connectivity index (χ4n) is 2.49. The van der Waals surface area contributed by atoms with Gasteiger partial charge in [-0.25, -0.2) is 8.42 Å². The van der Waals surface area contributed by atoms with Gasteiger partial charge in [-0.05, 0) is 56.2 Å². The fourth-order valence-corrected chi connectivity index (χ4v) is 3.65. The van der Waals surface area contributed by atoms with E-state index in [1.807, 2.05) is 19.9 Å². The van der Waals surface area contributed by atoms with E-state index in [0.717, 1.165) is 18.4 Å². The SMILES string of the molecule is CCCCOc1ccc(/C=C(\C#N)S(=O)(=O)c2ccc(C)cc2)cc1OCC. The number of nitrogens with zero attached hydrogens (tertiary/aromatic N) is 1. The third-order valence-electron chi connectivity index (χ3n) is 4.05. The van der Waals surface area contributed by atoms with Crippen molar-refractivity contribution < 1.29 is 17.9 Å². The molecule has 0 N–H and O–H groups in total. The first-order valence-corrected chi connectivity index (χ1v) is 10.7. The van der Waals surface area contributed by atoms with Crippen LogP contribution in [0.2, 0.25) is 0 Å². The highest BCUT2D eigenvalue weighted by atomic mass is 32.2. The molecule has 0 heterocycles. The molecule has 5 nitrogen and oxygen atoms in total. The first kappa shape index (κ1) is 21.5. The molecule has 0 aliphatic heterocycles. The highest BCUT2D eigenvalue weighted by Gasteiger charge is 2.21. The molecule has 0 spiro atoms. The fraction of sp³-hybridized carbons (Fsp3) is 0.318. The summed E-state index contributed by atoms with van der Waals surface area (Å²) in [7, 11) is -3.89. The zero-order chi connectivity index (χ0) is 20.6. The molecular weight excluding hydrogens is 374 g/mol. The van der Waals surface area contributed by atoms with E-state index < -0.39 is 9.84 Å². The van der Waals surface area contributed by atoms with E-state index in [2.05, 4.69) is 6.92 Å². The molecule has 0 bridgehead atoms. The van der Waals surface area contributed by atoms with Gasteiger partial charge in [0.15, 0.2) is 11.5 Å². The lowest BCUT2D eigenvalue weighted by atomic mass is 10.2. The number of allylic oxidation sites excluding steroid dienone is 1. The predicted octanol–water partition coefficient (Wildman–Crippen LogP) is 4.91. The monoisotopic (exact) mass is 399 g/mol. The molecule has 6 heteroatoms. The van der Waals surface area contributed by atoms with E-state index in [0.29, 0.717) is 30.3 Å². The number of hydrogen-bond acceptors (Lipinski definition) is 5. The Labute approximate surface area is 167 Å². The molecular formula is C22H25NO4S. The Bertz CT molecular complexity index is 971. The first-order chi connectivity index (χ1) is 13.4. The summed E-state index contributed by atoms with van der Waals surface area (Å²) in [6.07, 6.45) is 3.31. The molecule has 0 aliphatic carbocycles. The van der Waals surface area contributed by atoms with E-state index >= 15 is 0 Å². The zero-order valence-corrected chi connectivity index (χ0v) is 17.3. The van der Waals surface area contributed by atoms with E-state index in [9.17, 15) is 13.7 Å². The van der Waals surface area contributed by atoms with Crippen molar-refractivity contribution in [1.29, 1.82) is 5.26 Å². The molecule has 148 valence electrons. The quantitative estimate of drug-likeness (QED) is 0.442. The third kappa shape index (κ3) is 5.37. The van der Waals surface area contributed by atoms with Gasteiger partial charge in [0.1, 0.15) is 11.0 Å². The molecule has 28 heavy (non-hydrogen) atoms. The summed E-state index contributed by atoms with van der Waals surface area (Å²) in [6, 6.07) is 13.4. The van der Waals surface area contributed by atoms with Crippen LogP contribution in [0.15, 0.2) is 52.3 Å². The van der Waals surface area contributed by atoms with Crippen LogP contribution in [-0.2, 0) is 9.84 Å². The van der Waals surface area contributed by atoms with Gasteiger partial charge < -0.3 is 9.47 Å². The summed E-state index contributed by atoms with van der Waals surface area (Å²) in [5.41, 5.74) is 1.50. The van der Waals surface area contributed by atoms with Gasteiger partial charge in [0.05, 0.1) is 18.1 Å². The standard InChI is InChI=1S/C22H25NO4S/c1-4-6-13-27-21-12-9-18(15-22(21)26-5-2)14-20(16-23)28(24,25)19-10-7-17(3)8-11-19/h7-12,14-15H,4-6,13H2,1-3H3/b20-14+. The summed E-state index contributed by atoms with van der Waals surface area (Å²) in [6.45, 7) is 6.84. The molecule has 0 saturated carbocycles. The zero-order valence-electron chi connectivity index (χ0n) is 16.4. The van der Waals surface area contributed by atoms with Crippen molar-refractivity contribution in [2.45, 2.75) is 38.5 Å². The number of benzene rings is 2. The Balaban J connectivity index is 2.39.